The molecule has 0 N–H and O–H groups in total. The van der Waals surface area contributed by atoms with E-state index in [0.717, 1.165) is 12.0 Å². The van der Waals surface area contributed by atoms with E-state index in [-0.39, 0.29) is 0 Å². The van der Waals surface area contributed by atoms with Gasteiger partial charge in [0.15, 0.2) is 0 Å². The Balaban J connectivity index is 2.11. The molecule has 0 aromatic heterocycles. The zero-order valence-electron chi connectivity index (χ0n) is 10.8. The van der Waals surface area contributed by atoms with Gasteiger partial charge in [-0.3, -0.25) is 0 Å². The molecule has 0 unspecified atom stereocenters. The summed E-state index contributed by atoms with van der Waals surface area (Å²) in [5.41, 5.74) is 1.10. The molecule has 0 aliphatic rings. The van der Waals surface area contributed by atoms with Crippen molar-refractivity contribution in [2.45, 2.75) is 45.4 Å². The Labute approximate surface area is 106 Å². The predicted octanol–water partition coefficient (Wildman–Crippen LogP) is 4.95. The summed E-state index contributed by atoms with van der Waals surface area (Å²) in [6.45, 7) is 2.25. The van der Waals surface area contributed by atoms with E-state index in [0.29, 0.717) is 0 Å². The SMILES string of the molecule is CCCCCC/C=C/CC#Cc1ccccc1. The molecule has 0 atom stereocenters. The second kappa shape index (κ2) is 9.73. The normalized spacial score (nSPS) is 10.2. The number of rotatable bonds is 6. The first-order valence-electron chi connectivity index (χ1n) is 6.62. The molecule has 0 saturated carbocycles. The second-order valence-electron chi connectivity index (χ2n) is 4.19. The lowest BCUT2D eigenvalue weighted by molar-refractivity contribution is 0.674. The van der Waals surface area contributed by atoms with Gasteiger partial charge >= 0.3 is 0 Å². The predicted molar refractivity (Wildman–Crippen MR) is 75.8 cm³/mol. The maximum Gasteiger partial charge on any atom is 0.0273 e. The molecule has 0 radical (unpaired) electrons. The van der Waals surface area contributed by atoms with E-state index in [2.05, 4.69) is 30.9 Å². The molecule has 0 amide bonds. The van der Waals surface area contributed by atoms with Crippen LogP contribution in [0.5, 0.6) is 0 Å². The molecular weight excluding hydrogens is 204 g/mol. The van der Waals surface area contributed by atoms with Crippen LogP contribution in [-0.4, -0.2) is 0 Å². The molecular formula is C17H22. The monoisotopic (exact) mass is 226 g/mol. The highest BCUT2D eigenvalue weighted by atomic mass is 13.9. The van der Waals surface area contributed by atoms with Crippen molar-refractivity contribution in [3.63, 3.8) is 0 Å². The Morgan fingerprint density at radius 2 is 1.82 bits per heavy atom. The lowest BCUT2D eigenvalue weighted by Gasteiger charge is -1.93. The van der Waals surface area contributed by atoms with Crippen LogP contribution in [0.3, 0.4) is 0 Å². The number of hydrogen-bond acceptors (Lipinski definition) is 0. The van der Waals surface area contributed by atoms with E-state index in [1.165, 1.54) is 32.1 Å². The minimum Gasteiger partial charge on any atom is -0.0937 e. The molecule has 0 fully saturated rings. The average molecular weight is 226 g/mol. The van der Waals surface area contributed by atoms with Gasteiger partial charge in [0.2, 0.25) is 0 Å². The highest BCUT2D eigenvalue weighted by Crippen LogP contribution is 2.03. The van der Waals surface area contributed by atoms with Crippen LogP contribution in [0.15, 0.2) is 42.5 Å². The van der Waals surface area contributed by atoms with Crippen molar-refractivity contribution >= 4 is 0 Å². The maximum absolute atomic E-state index is 3.17. The zero-order valence-corrected chi connectivity index (χ0v) is 10.8. The summed E-state index contributed by atoms with van der Waals surface area (Å²) in [4.78, 5) is 0. The van der Waals surface area contributed by atoms with Gasteiger partial charge in [0, 0.05) is 12.0 Å². The van der Waals surface area contributed by atoms with Gasteiger partial charge in [-0.05, 0) is 25.0 Å². The molecule has 0 heterocycles. The average Bonchev–Trinajstić information content (AvgIpc) is 2.38. The number of hydrogen-bond donors (Lipinski definition) is 0. The van der Waals surface area contributed by atoms with E-state index in [1.807, 2.05) is 30.3 Å². The van der Waals surface area contributed by atoms with Crippen LogP contribution in [0.4, 0.5) is 0 Å². The third kappa shape index (κ3) is 7.41. The van der Waals surface area contributed by atoms with E-state index < -0.39 is 0 Å². The quantitative estimate of drug-likeness (QED) is 0.365. The van der Waals surface area contributed by atoms with Crippen molar-refractivity contribution in [3.05, 3.63) is 48.0 Å². The Hall–Kier alpha value is -1.48. The Bertz CT molecular complexity index is 362. The van der Waals surface area contributed by atoms with Crippen LogP contribution in [0.25, 0.3) is 0 Å². The molecule has 0 saturated heterocycles. The van der Waals surface area contributed by atoms with Crippen LogP contribution in [0.1, 0.15) is 51.0 Å². The van der Waals surface area contributed by atoms with Crippen LogP contribution in [-0.2, 0) is 0 Å². The molecule has 0 aliphatic heterocycles. The van der Waals surface area contributed by atoms with Crippen LogP contribution in [0.2, 0.25) is 0 Å². The number of allylic oxidation sites excluding steroid dienone is 2. The zero-order chi connectivity index (χ0) is 12.2. The van der Waals surface area contributed by atoms with Crippen molar-refractivity contribution in [1.82, 2.24) is 0 Å². The van der Waals surface area contributed by atoms with E-state index in [9.17, 15) is 0 Å². The first-order chi connectivity index (χ1) is 8.43. The first kappa shape index (κ1) is 13.6. The van der Waals surface area contributed by atoms with Gasteiger partial charge in [-0.15, -0.1) is 0 Å². The molecule has 90 valence electrons. The number of unbranched alkanes of at least 4 members (excludes halogenated alkanes) is 4. The fourth-order valence-corrected chi connectivity index (χ4v) is 1.62. The molecule has 1 rings (SSSR count). The molecule has 0 bridgehead atoms. The molecule has 0 heteroatoms. The summed E-state index contributed by atoms with van der Waals surface area (Å²) >= 11 is 0. The van der Waals surface area contributed by atoms with Crippen molar-refractivity contribution in [1.29, 1.82) is 0 Å². The van der Waals surface area contributed by atoms with E-state index >= 15 is 0 Å². The maximum atomic E-state index is 3.17. The molecule has 1 aromatic rings. The minimum atomic E-state index is 0.864. The summed E-state index contributed by atoms with van der Waals surface area (Å²) in [6.07, 6.45) is 11.9. The van der Waals surface area contributed by atoms with Crippen molar-refractivity contribution in [2.24, 2.45) is 0 Å². The topological polar surface area (TPSA) is 0 Å². The smallest absolute Gasteiger partial charge is 0.0273 e. The third-order valence-electron chi connectivity index (χ3n) is 2.62. The second-order valence-corrected chi connectivity index (χ2v) is 4.19. The van der Waals surface area contributed by atoms with E-state index in [1.54, 1.807) is 0 Å². The largest absolute Gasteiger partial charge is 0.0937 e. The third-order valence-corrected chi connectivity index (χ3v) is 2.62. The highest BCUT2D eigenvalue weighted by Gasteiger charge is 1.84. The van der Waals surface area contributed by atoms with Gasteiger partial charge in [-0.1, -0.05) is 68.4 Å². The molecule has 1 aromatic carbocycles. The summed E-state index contributed by atoms with van der Waals surface area (Å²) in [5.74, 6) is 6.32. The Morgan fingerprint density at radius 3 is 2.59 bits per heavy atom. The van der Waals surface area contributed by atoms with Gasteiger partial charge < -0.3 is 0 Å². The lowest BCUT2D eigenvalue weighted by Crippen LogP contribution is -1.73. The highest BCUT2D eigenvalue weighted by molar-refractivity contribution is 5.33. The first-order valence-corrected chi connectivity index (χ1v) is 6.62. The molecule has 0 nitrogen and oxygen atoms in total. The van der Waals surface area contributed by atoms with Crippen LogP contribution >= 0.6 is 0 Å². The van der Waals surface area contributed by atoms with Gasteiger partial charge in [0.1, 0.15) is 0 Å². The van der Waals surface area contributed by atoms with Gasteiger partial charge in [-0.25, -0.2) is 0 Å². The fourth-order valence-electron chi connectivity index (χ4n) is 1.62. The number of benzene rings is 1. The summed E-state index contributed by atoms with van der Waals surface area (Å²) in [7, 11) is 0. The molecule has 0 aliphatic carbocycles. The molecule has 0 spiro atoms. The minimum absolute atomic E-state index is 0.864. The van der Waals surface area contributed by atoms with Crippen LogP contribution in [0, 0.1) is 11.8 Å². The Morgan fingerprint density at radius 1 is 1.00 bits per heavy atom. The fraction of sp³-hybridized carbons (Fsp3) is 0.412. The standard InChI is InChI=1S/C17H22/c1-2-3-4-5-6-7-8-9-11-14-17-15-12-10-13-16-17/h7-8,10,12-13,15-16H,2-6,9H2,1H3/b8-7+. The van der Waals surface area contributed by atoms with Crippen molar-refractivity contribution < 1.29 is 0 Å². The summed E-state index contributed by atoms with van der Waals surface area (Å²) in [6, 6.07) is 10.1. The lowest BCUT2D eigenvalue weighted by atomic mass is 10.1. The van der Waals surface area contributed by atoms with Crippen molar-refractivity contribution in [3.8, 4) is 11.8 Å². The Kier molecular flexibility index (Phi) is 7.77. The van der Waals surface area contributed by atoms with Crippen molar-refractivity contribution in [2.75, 3.05) is 0 Å². The summed E-state index contributed by atoms with van der Waals surface area (Å²) < 4.78 is 0. The van der Waals surface area contributed by atoms with Crippen LogP contribution < -0.4 is 0 Å². The molecule has 17 heavy (non-hydrogen) atoms. The van der Waals surface area contributed by atoms with E-state index in [4.69, 9.17) is 0 Å². The van der Waals surface area contributed by atoms with Gasteiger partial charge in [0.25, 0.3) is 0 Å². The summed E-state index contributed by atoms with van der Waals surface area (Å²) in [5, 5.41) is 0. The van der Waals surface area contributed by atoms with Gasteiger partial charge in [0.05, 0.1) is 0 Å². The van der Waals surface area contributed by atoms with Gasteiger partial charge in [-0.2, -0.15) is 0 Å².